The van der Waals surface area contributed by atoms with Gasteiger partial charge in [-0.15, -0.1) is 0 Å². The molecule has 0 bridgehead atoms. The van der Waals surface area contributed by atoms with E-state index < -0.39 is 0 Å². The molecule has 1 fully saturated rings. The van der Waals surface area contributed by atoms with Crippen LogP contribution in [0.2, 0.25) is 0 Å². The van der Waals surface area contributed by atoms with Crippen LogP contribution < -0.4 is 5.32 Å². The zero-order valence-electron chi connectivity index (χ0n) is 19.8. The van der Waals surface area contributed by atoms with Gasteiger partial charge < -0.3 is 15.0 Å². The molecule has 0 aliphatic carbocycles. The van der Waals surface area contributed by atoms with Gasteiger partial charge in [-0.2, -0.15) is 5.26 Å². The van der Waals surface area contributed by atoms with Gasteiger partial charge in [0.1, 0.15) is 0 Å². The number of nitrogens with one attached hydrogen (secondary N) is 1. The normalized spacial score (nSPS) is 13.4. The first-order valence-corrected chi connectivity index (χ1v) is 12.0. The van der Waals surface area contributed by atoms with Crippen LogP contribution in [0.3, 0.4) is 0 Å². The Morgan fingerprint density at radius 3 is 2.50 bits per heavy atom. The van der Waals surface area contributed by atoms with E-state index in [1.165, 1.54) is 4.57 Å². The van der Waals surface area contributed by atoms with Gasteiger partial charge in [0.05, 0.1) is 18.7 Å². The van der Waals surface area contributed by atoms with Gasteiger partial charge in [0, 0.05) is 42.3 Å². The molecule has 4 aromatic rings. The number of aromatic nitrogens is 1. The third-order valence-corrected chi connectivity index (χ3v) is 6.45. The lowest BCUT2D eigenvalue weighted by Crippen LogP contribution is -2.40. The molecule has 0 saturated carbocycles. The monoisotopic (exact) mass is 478 g/mol. The van der Waals surface area contributed by atoms with Crippen LogP contribution in [-0.2, 0) is 11.2 Å². The van der Waals surface area contributed by atoms with Gasteiger partial charge in [0.25, 0.3) is 11.8 Å². The molecule has 180 valence electrons. The maximum absolute atomic E-state index is 12.8. The van der Waals surface area contributed by atoms with E-state index in [2.05, 4.69) is 11.5 Å². The second-order valence-corrected chi connectivity index (χ2v) is 8.75. The molecular weight excluding hydrogens is 452 g/mol. The van der Waals surface area contributed by atoms with Crippen molar-refractivity contribution in [2.75, 3.05) is 32.8 Å². The Morgan fingerprint density at radius 2 is 1.72 bits per heavy atom. The van der Waals surface area contributed by atoms with Crippen molar-refractivity contribution >= 4 is 22.7 Å². The Kier molecular flexibility index (Phi) is 6.78. The number of nitriles is 1. The molecule has 7 nitrogen and oxygen atoms in total. The van der Waals surface area contributed by atoms with Crippen molar-refractivity contribution in [3.63, 3.8) is 0 Å². The quantitative estimate of drug-likeness (QED) is 0.452. The molecule has 0 radical (unpaired) electrons. The lowest BCUT2D eigenvalue weighted by Gasteiger charge is -2.27. The predicted molar refractivity (Wildman–Crippen MR) is 138 cm³/mol. The minimum atomic E-state index is -0.130. The Balaban J connectivity index is 1.19. The highest BCUT2D eigenvalue weighted by molar-refractivity contribution is 5.96. The maximum atomic E-state index is 12.8. The zero-order valence-corrected chi connectivity index (χ0v) is 19.8. The lowest BCUT2D eigenvalue weighted by molar-refractivity contribution is 0.0303. The number of carbonyl (C=O) groups excluding carboxylic acids is 2. The van der Waals surface area contributed by atoms with Gasteiger partial charge in [-0.3, -0.25) is 14.2 Å². The first-order chi connectivity index (χ1) is 17.6. The number of carbonyl (C=O) groups is 2. The Hall–Kier alpha value is -4.41. The summed E-state index contributed by atoms with van der Waals surface area (Å²) in [6.45, 7) is 2.87. The number of hydrogen-bond donors (Lipinski definition) is 1. The van der Waals surface area contributed by atoms with Gasteiger partial charge in [-0.05, 0) is 65.6 Å². The SMILES string of the molecule is N#Cn1ccc2cc(CCNC(=O)c3ccc(-c4cccc(C(=O)N5CCOCC5)c4)cc3)ccc21. The summed E-state index contributed by atoms with van der Waals surface area (Å²) in [6.07, 6.45) is 4.56. The van der Waals surface area contributed by atoms with E-state index >= 15 is 0 Å². The Morgan fingerprint density at radius 1 is 0.917 bits per heavy atom. The van der Waals surface area contributed by atoms with Gasteiger partial charge >= 0.3 is 0 Å². The first-order valence-electron chi connectivity index (χ1n) is 12.0. The molecule has 0 unspecified atom stereocenters. The van der Waals surface area contributed by atoms with Crippen LogP contribution in [-0.4, -0.2) is 54.1 Å². The van der Waals surface area contributed by atoms with Gasteiger partial charge in [-0.25, -0.2) is 0 Å². The van der Waals surface area contributed by atoms with Gasteiger partial charge in [0.15, 0.2) is 6.19 Å². The summed E-state index contributed by atoms with van der Waals surface area (Å²) in [5.74, 6) is -0.118. The van der Waals surface area contributed by atoms with Crippen molar-refractivity contribution in [3.8, 4) is 17.3 Å². The number of morpholine rings is 1. The molecule has 1 aliphatic rings. The average molecular weight is 479 g/mol. The summed E-state index contributed by atoms with van der Waals surface area (Å²) in [4.78, 5) is 27.3. The van der Waals surface area contributed by atoms with E-state index in [0.29, 0.717) is 50.4 Å². The van der Waals surface area contributed by atoms with Crippen molar-refractivity contribution in [1.82, 2.24) is 14.8 Å². The third kappa shape index (κ3) is 4.99. The molecule has 1 aliphatic heterocycles. The fourth-order valence-corrected chi connectivity index (χ4v) is 4.45. The maximum Gasteiger partial charge on any atom is 0.254 e. The molecule has 5 rings (SSSR count). The molecule has 7 heteroatoms. The van der Waals surface area contributed by atoms with Crippen LogP contribution >= 0.6 is 0 Å². The van der Waals surface area contributed by atoms with Gasteiger partial charge in [0.2, 0.25) is 0 Å². The topological polar surface area (TPSA) is 87.4 Å². The molecule has 1 aromatic heterocycles. The number of nitrogens with zero attached hydrogens (tertiary/aromatic N) is 3. The lowest BCUT2D eigenvalue weighted by atomic mass is 10.0. The van der Waals surface area contributed by atoms with E-state index in [4.69, 9.17) is 10.00 Å². The molecule has 0 atom stereocenters. The van der Waals surface area contributed by atoms with Crippen LogP contribution in [0.15, 0.2) is 79.0 Å². The fraction of sp³-hybridized carbons (Fsp3) is 0.207. The molecule has 3 aromatic carbocycles. The van der Waals surface area contributed by atoms with Crippen LogP contribution in [0.1, 0.15) is 26.3 Å². The molecule has 1 N–H and O–H groups in total. The molecular formula is C29H26N4O3. The minimum Gasteiger partial charge on any atom is -0.378 e. The summed E-state index contributed by atoms with van der Waals surface area (Å²) in [5, 5.41) is 13.1. The Bertz CT molecular complexity index is 1440. The highest BCUT2D eigenvalue weighted by atomic mass is 16.5. The highest BCUT2D eigenvalue weighted by Gasteiger charge is 2.18. The first kappa shape index (κ1) is 23.3. The number of amides is 2. The predicted octanol–water partition coefficient (Wildman–Crippen LogP) is 4.08. The summed E-state index contributed by atoms with van der Waals surface area (Å²) >= 11 is 0. The number of rotatable bonds is 6. The Labute approximate surface area is 209 Å². The van der Waals surface area contributed by atoms with E-state index in [1.807, 2.05) is 65.6 Å². The van der Waals surface area contributed by atoms with Crippen molar-refractivity contribution in [2.24, 2.45) is 0 Å². The minimum absolute atomic E-state index is 0.0120. The fourth-order valence-electron chi connectivity index (χ4n) is 4.45. The number of benzene rings is 3. The third-order valence-electron chi connectivity index (χ3n) is 6.45. The second kappa shape index (κ2) is 10.5. The van der Waals surface area contributed by atoms with Crippen molar-refractivity contribution < 1.29 is 14.3 Å². The number of fused-ring (bicyclic) bond motifs is 1. The van der Waals surface area contributed by atoms with E-state index in [9.17, 15) is 9.59 Å². The van der Waals surface area contributed by atoms with Crippen LogP contribution in [0.4, 0.5) is 0 Å². The molecule has 2 amide bonds. The molecule has 1 saturated heterocycles. The van der Waals surface area contributed by atoms with Crippen molar-refractivity contribution in [1.29, 1.82) is 5.26 Å². The number of hydrogen-bond acceptors (Lipinski definition) is 4. The molecule has 36 heavy (non-hydrogen) atoms. The second-order valence-electron chi connectivity index (χ2n) is 8.75. The highest BCUT2D eigenvalue weighted by Crippen LogP contribution is 2.22. The smallest absolute Gasteiger partial charge is 0.254 e. The van der Waals surface area contributed by atoms with Crippen LogP contribution in [0.25, 0.3) is 22.0 Å². The van der Waals surface area contributed by atoms with Gasteiger partial charge in [-0.1, -0.05) is 30.3 Å². The zero-order chi connectivity index (χ0) is 24.9. The van der Waals surface area contributed by atoms with E-state index in [1.54, 1.807) is 18.3 Å². The summed E-state index contributed by atoms with van der Waals surface area (Å²) in [5.41, 5.74) is 5.09. The van der Waals surface area contributed by atoms with Crippen LogP contribution in [0, 0.1) is 11.5 Å². The summed E-state index contributed by atoms with van der Waals surface area (Å²) in [7, 11) is 0. The number of ether oxygens (including phenoxy) is 1. The summed E-state index contributed by atoms with van der Waals surface area (Å²) in [6, 6.07) is 22.9. The summed E-state index contributed by atoms with van der Waals surface area (Å²) < 4.78 is 6.87. The van der Waals surface area contributed by atoms with Crippen molar-refractivity contribution in [2.45, 2.75) is 6.42 Å². The van der Waals surface area contributed by atoms with E-state index in [-0.39, 0.29) is 11.8 Å². The van der Waals surface area contributed by atoms with E-state index in [0.717, 1.165) is 27.6 Å². The standard InChI is InChI=1S/C29H26N4O3/c30-20-33-13-11-25-18-21(4-9-27(25)33)10-12-31-28(34)23-7-5-22(6-8-23)24-2-1-3-26(19-24)29(35)32-14-16-36-17-15-32/h1-9,11,13,18-19H,10,12,14-17H2,(H,31,34). The largest absolute Gasteiger partial charge is 0.378 e. The molecule has 2 heterocycles. The van der Waals surface area contributed by atoms with Crippen molar-refractivity contribution in [3.05, 3.63) is 95.7 Å². The molecule has 0 spiro atoms. The average Bonchev–Trinajstić information content (AvgIpc) is 3.35. The van der Waals surface area contributed by atoms with Crippen LogP contribution in [0.5, 0.6) is 0 Å².